The maximum Gasteiger partial charge on any atom is 0.469 e. The molecule has 0 aromatic carbocycles. The number of rotatable bonds is 28. The summed E-state index contributed by atoms with van der Waals surface area (Å²) in [7, 11) is -4.77. The molecule has 0 bridgehead atoms. The lowest BCUT2D eigenvalue weighted by Gasteiger charge is -2.18. The van der Waals surface area contributed by atoms with Gasteiger partial charge in [0, 0.05) is 19.3 Å². The van der Waals surface area contributed by atoms with Crippen molar-refractivity contribution >= 4 is 25.5 Å². The Morgan fingerprint density at radius 3 is 1.83 bits per heavy atom. The average molecular weight is 603 g/mol. The number of carbonyl (C=O) groups excluding carboxylic acids is 3. The zero-order chi connectivity index (χ0) is 30.6. The second-order valence-corrected chi connectivity index (χ2v) is 11.7. The van der Waals surface area contributed by atoms with Crippen LogP contribution in [0.3, 0.4) is 0 Å². The molecule has 0 amide bonds. The van der Waals surface area contributed by atoms with Gasteiger partial charge in [0.1, 0.15) is 6.61 Å². The van der Waals surface area contributed by atoms with Crippen LogP contribution in [-0.4, -0.2) is 46.8 Å². The highest BCUT2D eigenvalue weighted by atomic mass is 31.2. The molecular formula is C31H55O9P. The first kappa shape index (κ1) is 39.2. The Bertz CT molecular complexity index is 788. The third kappa shape index (κ3) is 29.5. The lowest BCUT2D eigenvalue weighted by Crippen LogP contribution is -2.29. The predicted octanol–water partition coefficient (Wildman–Crippen LogP) is 7.68. The molecule has 0 aliphatic carbocycles. The third-order valence-electron chi connectivity index (χ3n) is 6.45. The Kier molecular flexibility index (Phi) is 25.9. The van der Waals surface area contributed by atoms with Crippen LogP contribution in [0.15, 0.2) is 24.3 Å². The van der Waals surface area contributed by atoms with Gasteiger partial charge in [-0.3, -0.25) is 18.9 Å². The van der Waals surface area contributed by atoms with Gasteiger partial charge in [-0.05, 0) is 38.2 Å². The SMILES string of the molecule is CCCCC/C=C\C=C\C(=O)CCCCCCCC(=O)O[C@H](COC(=O)CCCCCCCCC)COP(=O)(O)O. The standard InChI is InChI=1S/C31H55O9P/c1-3-5-7-9-11-14-18-22-28(32)23-19-15-13-17-21-25-31(34)40-29(27-39-41(35,36)37)26-38-30(33)24-20-16-12-10-8-6-4-2/h11,14,18,22,29H,3-10,12-13,15-17,19-21,23-27H2,1-2H3,(H2,35,36,37)/b14-11-,22-18+/t29-/m1/s1. The summed E-state index contributed by atoms with van der Waals surface area (Å²) in [6.07, 6.45) is 23.2. The number of allylic oxidation sites excluding steroid dienone is 4. The first-order valence-electron chi connectivity index (χ1n) is 15.6. The lowest BCUT2D eigenvalue weighted by molar-refractivity contribution is -0.161. The number of hydrogen-bond acceptors (Lipinski definition) is 7. The molecule has 0 heterocycles. The van der Waals surface area contributed by atoms with Crippen molar-refractivity contribution in [3.8, 4) is 0 Å². The number of ether oxygens (including phenoxy) is 2. The molecule has 0 unspecified atom stereocenters. The Hall–Kier alpha value is -1.80. The molecule has 0 aliphatic heterocycles. The van der Waals surface area contributed by atoms with Crippen molar-refractivity contribution in [2.45, 2.75) is 142 Å². The molecule has 41 heavy (non-hydrogen) atoms. The number of unbranched alkanes of at least 4 members (excludes halogenated alkanes) is 13. The summed E-state index contributed by atoms with van der Waals surface area (Å²) in [6, 6.07) is 0. The highest BCUT2D eigenvalue weighted by molar-refractivity contribution is 7.46. The molecule has 2 N–H and O–H groups in total. The number of phosphoric ester groups is 1. The van der Waals surface area contributed by atoms with Gasteiger partial charge in [0.25, 0.3) is 0 Å². The fourth-order valence-corrected chi connectivity index (χ4v) is 4.42. The number of carbonyl (C=O) groups is 3. The van der Waals surface area contributed by atoms with Crippen molar-refractivity contribution < 1.29 is 42.7 Å². The zero-order valence-electron chi connectivity index (χ0n) is 25.4. The van der Waals surface area contributed by atoms with E-state index in [1.54, 1.807) is 12.2 Å². The van der Waals surface area contributed by atoms with Crippen LogP contribution in [0.2, 0.25) is 0 Å². The Balaban J connectivity index is 4.14. The molecule has 1 atom stereocenters. The van der Waals surface area contributed by atoms with E-state index in [0.717, 1.165) is 51.4 Å². The van der Waals surface area contributed by atoms with E-state index in [1.165, 1.54) is 38.5 Å². The van der Waals surface area contributed by atoms with Crippen molar-refractivity contribution in [1.82, 2.24) is 0 Å². The first-order chi connectivity index (χ1) is 19.7. The van der Waals surface area contributed by atoms with E-state index < -0.39 is 32.5 Å². The van der Waals surface area contributed by atoms with Gasteiger partial charge < -0.3 is 19.3 Å². The van der Waals surface area contributed by atoms with E-state index in [2.05, 4.69) is 24.4 Å². The number of hydrogen-bond donors (Lipinski definition) is 2. The first-order valence-corrected chi connectivity index (χ1v) is 17.1. The molecule has 0 saturated heterocycles. The minimum atomic E-state index is -4.77. The quantitative estimate of drug-likeness (QED) is 0.0304. The Morgan fingerprint density at radius 2 is 1.22 bits per heavy atom. The molecular weight excluding hydrogens is 547 g/mol. The van der Waals surface area contributed by atoms with Crippen LogP contribution in [-0.2, 0) is 32.9 Å². The van der Waals surface area contributed by atoms with Gasteiger partial charge in [0.05, 0.1) is 6.61 Å². The number of phosphoric acid groups is 1. The van der Waals surface area contributed by atoms with Crippen LogP contribution in [0.4, 0.5) is 0 Å². The Morgan fingerprint density at radius 1 is 0.683 bits per heavy atom. The summed E-state index contributed by atoms with van der Waals surface area (Å²) in [4.78, 5) is 54.2. The lowest BCUT2D eigenvalue weighted by atomic mass is 10.1. The van der Waals surface area contributed by atoms with Crippen LogP contribution in [0.1, 0.15) is 136 Å². The highest BCUT2D eigenvalue weighted by Crippen LogP contribution is 2.35. The van der Waals surface area contributed by atoms with E-state index in [0.29, 0.717) is 19.3 Å². The van der Waals surface area contributed by atoms with Gasteiger partial charge in [-0.15, -0.1) is 0 Å². The van der Waals surface area contributed by atoms with Gasteiger partial charge in [0.15, 0.2) is 11.9 Å². The van der Waals surface area contributed by atoms with Gasteiger partial charge in [-0.1, -0.05) is 103 Å². The van der Waals surface area contributed by atoms with Gasteiger partial charge in [-0.25, -0.2) is 4.57 Å². The molecule has 0 rings (SSSR count). The van der Waals surface area contributed by atoms with Gasteiger partial charge >= 0.3 is 19.8 Å². The monoisotopic (exact) mass is 602 g/mol. The summed E-state index contributed by atoms with van der Waals surface area (Å²) in [5, 5.41) is 0. The van der Waals surface area contributed by atoms with E-state index >= 15 is 0 Å². The van der Waals surface area contributed by atoms with Crippen molar-refractivity contribution in [2.24, 2.45) is 0 Å². The number of ketones is 1. The van der Waals surface area contributed by atoms with Crippen molar-refractivity contribution in [1.29, 1.82) is 0 Å². The minimum Gasteiger partial charge on any atom is -0.462 e. The molecule has 0 aromatic heterocycles. The van der Waals surface area contributed by atoms with E-state index in [4.69, 9.17) is 19.3 Å². The van der Waals surface area contributed by atoms with Crippen molar-refractivity contribution in [3.05, 3.63) is 24.3 Å². The fraction of sp³-hybridized carbons (Fsp3) is 0.774. The summed E-state index contributed by atoms with van der Waals surface area (Å²) >= 11 is 0. The maximum absolute atomic E-state index is 12.2. The normalized spacial score (nSPS) is 12.7. The molecule has 0 spiro atoms. The molecule has 0 radical (unpaired) electrons. The highest BCUT2D eigenvalue weighted by Gasteiger charge is 2.22. The van der Waals surface area contributed by atoms with Crippen LogP contribution in [0, 0.1) is 0 Å². The van der Waals surface area contributed by atoms with Crippen LogP contribution < -0.4 is 0 Å². The van der Waals surface area contributed by atoms with Crippen LogP contribution in [0.25, 0.3) is 0 Å². The van der Waals surface area contributed by atoms with Crippen LogP contribution >= 0.6 is 7.82 Å². The predicted molar refractivity (Wildman–Crippen MR) is 161 cm³/mol. The molecule has 9 nitrogen and oxygen atoms in total. The second-order valence-electron chi connectivity index (χ2n) is 10.5. The topological polar surface area (TPSA) is 136 Å². The largest absolute Gasteiger partial charge is 0.469 e. The number of esters is 2. The minimum absolute atomic E-state index is 0.110. The molecule has 0 aliphatic rings. The van der Waals surface area contributed by atoms with E-state index in [-0.39, 0.29) is 25.2 Å². The maximum atomic E-state index is 12.2. The summed E-state index contributed by atoms with van der Waals surface area (Å²) in [5.74, 6) is -0.877. The van der Waals surface area contributed by atoms with Crippen molar-refractivity contribution in [3.63, 3.8) is 0 Å². The van der Waals surface area contributed by atoms with Crippen LogP contribution in [0.5, 0.6) is 0 Å². The molecule has 10 heteroatoms. The smallest absolute Gasteiger partial charge is 0.462 e. The molecule has 0 aromatic rings. The van der Waals surface area contributed by atoms with Gasteiger partial charge in [0.2, 0.25) is 0 Å². The fourth-order valence-electron chi connectivity index (χ4n) is 4.06. The Labute approximate surface area is 247 Å². The second kappa shape index (κ2) is 27.1. The third-order valence-corrected chi connectivity index (χ3v) is 6.93. The average Bonchev–Trinajstić information content (AvgIpc) is 2.92. The van der Waals surface area contributed by atoms with E-state index in [1.807, 2.05) is 6.08 Å². The molecule has 0 fully saturated rings. The molecule has 0 saturated carbocycles. The summed E-state index contributed by atoms with van der Waals surface area (Å²) < 4.78 is 26.0. The van der Waals surface area contributed by atoms with E-state index in [9.17, 15) is 18.9 Å². The zero-order valence-corrected chi connectivity index (χ0v) is 26.3. The van der Waals surface area contributed by atoms with Crippen molar-refractivity contribution in [2.75, 3.05) is 13.2 Å². The summed E-state index contributed by atoms with van der Waals surface area (Å²) in [5.41, 5.74) is 0. The molecule has 238 valence electrons. The summed E-state index contributed by atoms with van der Waals surface area (Å²) in [6.45, 7) is 3.44. The van der Waals surface area contributed by atoms with Gasteiger partial charge in [-0.2, -0.15) is 0 Å².